The van der Waals surface area contributed by atoms with E-state index in [1.807, 2.05) is 39.0 Å². The summed E-state index contributed by atoms with van der Waals surface area (Å²) in [5, 5.41) is 11.3. The minimum absolute atomic E-state index is 0.0251. The van der Waals surface area contributed by atoms with Crippen LogP contribution in [0.25, 0.3) is 0 Å². The molecule has 2 aromatic rings. The predicted molar refractivity (Wildman–Crippen MR) is 101 cm³/mol. The van der Waals surface area contributed by atoms with Crippen LogP contribution < -0.4 is 10.2 Å². The van der Waals surface area contributed by atoms with Gasteiger partial charge in [-0.05, 0) is 42.9 Å². The van der Waals surface area contributed by atoms with Gasteiger partial charge >= 0.3 is 0 Å². The Kier molecular flexibility index (Phi) is 5.39. The van der Waals surface area contributed by atoms with E-state index in [1.54, 1.807) is 16.7 Å². The average Bonchev–Trinajstić information content (AvgIpc) is 3.17. The normalized spacial score (nSPS) is 17.2. The molecule has 2 heterocycles. The molecule has 2 amide bonds. The lowest BCUT2D eigenvalue weighted by atomic mass is 10.1. The molecule has 1 N–H and O–H groups in total. The molecular formula is C17H20N4O2S2. The fourth-order valence-corrected chi connectivity index (χ4v) is 4.33. The number of aryl methyl sites for hydroxylation is 2. The van der Waals surface area contributed by atoms with Gasteiger partial charge in [-0.3, -0.25) is 9.59 Å². The summed E-state index contributed by atoms with van der Waals surface area (Å²) in [6.07, 6.45) is 0.216. The number of aromatic nitrogens is 2. The van der Waals surface area contributed by atoms with Crippen molar-refractivity contribution >= 4 is 45.7 Å². The van der Waals surface area contributed by atoms with Gasteiger partial charge in [0.15, 0.2) is 4.34 Å². The highest BCUT2D eigenvalue weighted by atomic mass is 32.2. The lowest BCUT2D eigenvalue weighted by Crippen LogP contribution is -2.28. The smallest absolute Gasteiger partial charge is 0.231 e. The molecule has 0 saturated carbocycles. The molecule has 1 aromatic heterocycles. The molecule has 3 rings (SSSR count). The van der Waals surface area contributed by atoms with Gasteiger partial charge in [0.1, 0.15) is 0 Å². The molecule has 6 nitrogen and oxygen atoms in total. The second-order valence-electron chi connectivity index (χ2n) is 5.97. The SMILES string of the molecule is CCSc1nnc(NC(=O)[C@H]2CC(=O)N(c3ccc(C)c(C)c3)C2)s1. The number of hydrogen-bond acceptors (Lipinski definition) is 6. The summed E-state index contributed by atoms with van der Waals surface area (Å²) < 4.78 is 0.831. The van der Waals surface area contributed by atoms with Crippen LogP contribution in [0.15, 0.2) is 22.5 Å². The van der Waals surface area contributed by atoms with Gasteiger partial charge in [-0.15, -0.1) is 10.2 Å². The van der Waals surface area contributed by atoms with Crippen LogP contribution in [0.4, 0.5) is 10.8 Å². The third kappa shape index (κ3) is 4.01. The van der Waals surface area contributed by atoms with Crippen molar-refractivity contribution < 1.29 is 9.59 Å². The van der Waals surface area contributed by atoms with Crippen LogP contribution in [-0.2, 0) is 9.59 Å². The topological polar surface area (TPSA) is 75.2 Å². The summed E-state index contributed by atoms with van der Waals surface area (Å²) in [6, 6.07) is 5.92. The molecule has 1 fully saturated rings. The fraction of sp³-hybridized carbons (Fsp3) is 0.412. The minimum atomic E-state index is -0.375. The highest BCUT2D eigenvalue weighted by molar-refractivity contribution is 8.01. The van der Waals surface area contributed by atoms with Gasteiger partial charge in [-0.2, -0.15) is 0 Å². The molecule has 1 aromatic carbocycles. The van der Waals surface area contributed by atoms with E-state index in [2.05, 4.69) is 15.5 Å². The molecule has 0 radical (unpaired) electrons. The molecule has 1 saturated heterocycles. The average molecular weight is 377 g/mol. The third-order valence-electron chi connectivity index (χ3n) is 4.20. The molecule has 1 atom stereocenters. The van der Waals surface area contributed by atoms with Crippen molar-refractivity contribution in [3.05, 3.63) is 29.3 Å². The number of rotatable bonds is 5. The maximum Gasteiger partial charge on any atom is 0.231 e. The standard InChI is InChI=1S/C17H20N4O2S2/c1-4-24-17-20-19-16(25-17)18-15(23)12-8-14(22)21(9-12)13-6-5-10(2)11(3)7-13/h5-7,12H,4,8-9H2,1-3H3,(H,18,19,23)/t12-/m0/s1. The van der Waals surface area contributed by atoms with E-state index in [0.29, 0.717) is 11.7 Å². The Morgan fingerprint density at radius 2 is 2.16 bits per heavy atom. The van der Waals surface area contributed by atoms with Gasteiger partial charge in [-0.25, -0.2) is 0 Å². The zero-order valence-corrected chi connectivity index (χ0v) is 16.0. The van der Waals surface area contributed by atoms with Gasteiger partial charge in [-0.1, -0.05) is 36.1 Å². The zero-order chi connectivity index (χ0) is 18.0. The Balaban J connectivity index is 1.66. The Hall–Kier alpha value is -1.93. The summed E-state index contributed by atoms with van der Waals surface area (Å²) in [5.74, 6) is 0.331. The summed E-state index contributed by atoms with van der Waals surface area (Å²) in [6.45, 7) is 6.48. The zero-order valence-electron chi connectivity index (χ0n) is 14.4. The number of thioether (sulfide) groups is 1. The lowest BCUT2D eigenvalue weighted by Gasteiger charge is -2.17. The molecule has 25 heavy (non-hydrogen) atoms. The van der Waals surface area contributed by atoms with Crippen LogP contribution in [0.3, 0.4) is 0 Å². The number of benzene rings is 1. The Labute approximate surface area is 155 Å². The maximum atomic E-state index is 12.5. The van der Waals surface area contributed by atoms with E-state index in [0.717, 1.165) is 21.3 Å². The van der Waals surface area contributed by atoms with Crippen molar-refractivity contribution in [1.29, 1.82) is 0 Å². The third-order valence-corrected chi connectivity index (χ3v) is 6.06. The fourth-order valence-electron chi connectivity index (χ4n) is 2.68. The summed E-state index contributed by atoms with van der Waals surface area (Å²) >= 11 is 2.94. The molecule has 1 aliphatic heterocycles. The number of amides is 2. The summed E-state index contributed by atoms with van der Waals surface area (Å²) in [7, 11) is 0. The van der Waals surface area contributed by atoms with E-state index >= 15 is 0 Å². The van der Waals surface area contributed by atoms with Crippen molar-refractivity contribution in [3.63, 3.8) is 0 Å². The monoisotopic (exact) mass is 376 g/mol. The van der Waals surface area contributed by atoms with E-state index in [-0.39, 0.29) is 24.2 Å². The van der Waals surface area contributed by atoms with Gasteiger partial charge < -0.3 is 10.2 Å². The van der Waals surface area contributed by atoms with Gasteiger partial charge in [0.05, 0.1) is 5.92 Å². The van der Waals surface area contributed by atoms with E-state index in [4.69, 9.17) is 0 Å². The maximum absolute atomic E-state index is 12.5. The first kappa shape index (κ1) is 17.9. The van der Waals surface area contributed by atoms with E-state index in [9.17, 15) is 9.59 Å². The van der Waals surface area contributed by atoms with Crippen molar-refractivity contribution in [1.82, 2.24) is 10.2 Å². The number of carbonyl (C=O) groups is 2. The van der Waals surface area contributed by atoms with Crippen molar-refractivity contribution in [2.75, 3.05) is 22.5 Å². The van der Waals surface area contributed by atoms with Gasteiger partial charge in [0.2, 0.25) is 16.9 Å². The lowest BCUT2D eigenvalue weighted by molar-refractivity contribution is -0.122. The predicted octanol–water partition coefficient (Wildman–Crippen LogP) is 3.26. The first-order valence-corrected chi connectivity index (χ1v) is 9.93. The van der Waals surface area contributed by atoms with Crippen LogP contribution in [0.2, 0.25) is 0 Å². The molecular weight excluding hydrogens is 356 g/mol. The van der Waals surface area contributed by atoms with Crippen LogP contribution in [-0.4, -0.2) is 34.3 Å². The molecule has 0 aliphatic carbocycles. The highest BCUT2D eigenvalue weighted by Crippen LogP contribution is 2.29. The van der Waals surface area contributed by atoms with Crippen molar-refractivity contribution in [2.45, 2.75) is 31.5 Å². The highest BCUT2D eigenvalue weighted by Gasteiger charge is 2.35. The summed E-state index contributed by atoms with van der Waals surface area (Å²) in [5.41, 5.74) is 3.16. The molecule has 1 aliphatic rings. The molecule has 0 unspecified atom stereocenters. The van der Waals surface area contributed by atoms with Crippen molar-refractivity contribution in [3.8, 4) is 0 Å². The quantitative estimate of drug-likeness (QED) is 0.640. The Bertz CT molecular complexity index is 806. The number of nitrogens with zero attached hydrogens (tertiary/aromatic N) is 3. The van der Waals surface area contributed by atoms with E-state index < -0.39 is 0 Å². The first-order chi connectivity index (χ1) is 12.0. The minimum Gasteiger partial charge on any atom is -0.312 e. The van der Waals surface area contributed by atoms with Crippen LogP contribution in [0.1, 0.15) is 24.5 Å². The molecule has 132 valence electrons. The van der Waals surface area contributed by atoms with Gasteiger partial charge in [0, 0.05) is 18.7 Å². The number of hydrogen-bond donors (Lipinski definition) is 1. The van der Waals surface area contributed by atoms with E-state index in [1.165, 1.54) is 16.9 Å². The van der Waals surface area contributed by atoms with Crippen molar-refractivity contribution in [2.24, 2.45) is 5.92 Å². The number of carbonyl (C=O) groups excluding carboxylic acids is 2. The second kappa shape index (κ2) is 7.53. The first-order valence-electron chi connectivity index (χ1n) is 8.12. The Morgan fingerprint density at radius 3 is 2.88 bits per heavy atom. The largest absolute Gasteiger partial charge is 0.312 e. The molecule has 0 bridgehead atoms. The second-order valence-corrected chi connectivity index (χ2v) is 8.46. The van der Waals surface area contributed by atoms with Gasteiger partial charge in [0.25, 0.3) is 0 Å². The number of nitrogens with one attached hydrogen (secondary N) is 1. The molecule has 8 heteroatoms. The Morgan fingerprint density at radius 1 is 1.36 bits per heavy atom. The van der Waals surface area contributed by atoms with Crippen LogP contribution in [0, 0.1) is 19.8 Å². The van der Waals surface area contributed by atoms with Crippen LogP contribution in [0.5, 0.6) is 0 Å². The number of anilines is 2. The van der Waals surface area contributed by atoms with Crippen LogP contribution >= 0.6 is 23.1 Å². The molecule has 0 spiro atoms. The summed E-state index contributed by atoms with van der Waals surface area (Å²) in [4.78, 5) is 26.5.